The molecule has 1 atom stereocenters. The summed E-state index contributed by atoms with van der Waals surface area (Å²) in [5, 5.41) is 0. The lowest BCUT2D eigenvalue weighted by Crippen LogP contribution is -2.39. The Labute approximate surface area is 142 Å². The monoisotopic (exact) mass is 325 g/mol. The van der Waals surface area contributed by atoms with E-state index in [9.17, 15) is 9.59 Å². The maximum Gasteiger partial charge on any atom is 0.231 e. The average Bonchev–Trinajstić information content (AvgIpc) is 3.34. The minimum absolute atomic E-state index is 0.100. The Kier molecular flexibility index (Phi) is 3.87. The lowest BCUT2D eigenvalue weighted by Gasteiger charge is -2.25. The zero-order chi connectivity index (χ0) is 16.6. The van der Waals surface area contributed by atoms with Crippen molar-refractivity contribution in [2.24, 2.45) is 11.3 Å². The van der Waals surface area contributed by atoms with Gasteiger partial charge in [0.2, 0.25) is 11.8 Å². The molecule has 0 bridgehead atoms. The second-order valence-corrected chi connectivity index (χ2v) is 7.27. The van der Waals surface area contributed by atoms with E-state index in [2.05, 4.69) is 17.1 Å². The predicted octanol–water partition coefficient (Wildman–Crippen LogP) is 2.00. The SMILES string of the molecule is O=C(C1CC=CC1)N1CCC2(CCN(Cc3cccnc3)C2=O)C1. The van der Waals surface area contributed by atoms with Crippen LogP contribution in [0.3, 0.4) is 0 Å². The van der Waals surface area contributed by atoms with Crippen molar-refractivity contribution in [2.45, 2.75) is 32.2 Å². The summed E-state index contributed by atoms with van der Waals surface area (Å²) in [7, 11) is 0. The zero-order valence-electron chi connectivity index (χ0n) is 13.9. The van der Waals surface area contributed by atoms with Gasteiger partial charge in [0, 0.05) is 44.5 Å². The number of allylic oxidation sites excluding steroid dienone is 2. The Morgan fingerprint density at radius 2 is 2.04 bits per heavy atom. The average molecular weight is 325 g/mol. The summed E-state index contributed by atoms with van der Waals surface area (Å²) in [6, 6.07) is 3.90. The van der Waals surface area contributed by atoms with Crippen LogP contribution in [0.1, 0.15) is 31.2 Å². The number of hydrogen-bond acceptors (Lipinski definition) is 3. The van der Waals surface area contributed by atoms with E-state index in [4.69, 9.17) is 0 Å². The van der Waals surface area contributed by atoms with Gasteiger partial charge in [-0.05, 0) is 37.3 Å². The van der Waals surface area contributed by atoms with Gasteiger partial charge in [0.15, 0.2) is 0 Å². The summed E-state index contributed by atoms with van der Waals surface area (Å²) in [6.45, 7) is 2.72. The number of likely N-dealkylation sites (tertiary alicyclic amines) is 2. The van der Waals surface area contributed by atoms with Gasteiger partial charge in [-0.3, -0.25) is 14.6 Å². The highest BCUT2D eigenvalue weighted by Gasteiger charge is 2.51. The van der Waals surface area contributed by atoms with Crippen LogP contribution in [0.2, 0.25) is 0 Å². The quantitative estimate of drug-likeness (QED) is 0.799. The molecule has 0 N–H and O–H groups in total. The van der Waals surface area contributed by atoms with Gasteiger partial charge in [-0.1, -0.05) is 18.2 Å². The molecule has 1 spiro atoms. The van der Waals surface area contributed by atoms with Crippen molar-refractivity contribution < 1.29 is 9.59 Å². The number of hydrogen-bond donors (Lipinski definition) is 0. The molecule has 0 saturated carbocycles. The van der Waals surface area contributed by atoms with E-state index in [0.717, 1.165) is 44.3 Å². The number of carbonyl (C=O) groups is 2. The number of carbonyl (C=O) groups excluding carboxylic acids is 2. The molecule has 2 fully saturated rings. The van der Waals surface area contributed by atoms with E-state index in [1.54, 1.807) is 6.20 Å². The van der Waals surface area contributed by atoms with E-state index in [1.165, 1.54) is 0 Å². The number of nitrogens with zero attached hydrogens (tertiary/aromatic N) is 3. The minimum atomic E-state index is -0.343. The molecule has 1 aromatic heterocycles. The first-order chi connectivity index (χ1) is 11.7. The second-order valence-electron chi connectivity index (χ2n) is 7.27. The van der Waals surface area contributed by atoms with Gasteiger partial charge >= 0.3 is 0 Å². The minimum Gasteiger partial charge on any atom is -0.341 e. The van der Waals surface area contributed by atoms with Gasteiger partial charge in [0.25, 0.3) is 0 Å². The third-order valence-electron chi connectivity index (χ3n) is 5.72. The van der Waals surface area contributed by atoms with Gasteiger partial charge in [-0.2, -0.15) is 0 Å². The van der Waals surface area contributed by atoms with Crippen LogP contribution < -0.4 is 0 Å². The van der Waals surface area contributed by atoms with Crippen molar-refractivity contribution in [3.63, 3.8) is 0 Å². The Morgan fingerprint density at radius 3 is 2.79 bits per heavy atom. The van der Waals surface area contributed by atoms with E-state index < -0.39 is 0 Å². The fraction of sp³-hybridized carbons (Fsp3) is 0.526. The number of rotatable bonds is 3. The third kappa shape index (κ3) is 2.62. The molecule has 1 unspecified atom stereocenters. The first-order valence-electron chi connectivity index (χ1n) is 8.80. The molecule has 1 aliphatic carbocycles. The Hall–Kier alpha value is -2.17. The number of amides is 2. The van der Waals surface area contributed by atoms with E-state index in [1.807, 2.05) is 28.1 Å². The maximum atomic E-state index is 13.0. The fourth-order valence-corrected chi connectivity index (χ4v) is 4.27. The van der Waals surface area contributed by atoms with E-state index in [0.29, 0.717) is 13.1 Å². The standard InChI is InChI=1S/C19H23N3O2/c23-17(16-5-1-2-6-16)22-11-8-19(14-22)7-10-21(18(19)24)13-15-4-3-9-20-12-15/h1-4,9,12,16H,5-8,10-11,13-14H2. The van der Waals surface area contributed by atoms with Crippen LogP contribution in [0.25, 0.3) is 0 Å². The molecule has 2 aliphatic heterocycles. The van der Waals surface area contributed by atoms with Crippen LogP contribution in [-0.4, -0.2) is 46.2 Å². The molecule has 0 radical (unpaired) electrons. The molecule has 3 heterocycles. The molecule has 2 amide bonds. The van der Waals surface area contributed by atoms with Crippen LogP contribution in [0, 0.1) is 11.3 Å². The Bertz CT molecular complexity index is 664. The van der Waals surface area contributed by atoms with Crippen molar-refractivity contribution in [1.82, 2.24) is 14.8 Å². The van der Waals surface area contributed by atoms with E-state index >= 15 is 0 Å². The molecule has 24 heavy (non-hydrogen) atoms. The van der Waals surface area contributed by atoms with Crippen LogP contribution in [0.5, 0.6) is 0 Å². The third-order valence-corrected chi connectivity index (χ3v) is 5.72. The zero-order valence-corrected chi connectivity index (χ0v) is 13.9. The summed E-state index contributed by atoms with van der Waals surface area (Å²) in [6.07, 6.45) is 11.1. The van der Waals surface area contributed by atoms with Crippen molar-refractivity contribution in [1.29, 1.82) is 0 Å². The van der Waals surface area contributed by atoms with Crippen molar-refractivity contribution in [3.8, 4) is 0 Å². The van der Waals surface area contributed by atoms with Gasteiger partial charge in [0.1, 0.15) is 0 Å². The van der Waals surface area contributed by atoms with Crippen molar-refractivity contribution in [3.05, 3.63) is 42.2 Å². The molecular weight excluding hydrogens is 302 g/mol. The maximum absolute atomic E-state index is 13.0. The van der Waals surface area contributed by atoms with Gasteiger partial charge in [-0.25, -0.2) is 0 Å². The highest BCUT2D eigenvalue weighted by atomic mass is 16.2. The fourth-order valence-electron chi connectivity index (χ4n) is 4.27. The Balaban J connectivity index is 1.41. The van der Waals surface area contributed by atoms with Gasteiger partial charge < -0.3 is 9.80 Å². The van der Waals surface area contributed by atoms with Crippen LogP contribution in [0.4, 0.5) is 0 Å². The molecule has 3 aliphatic rings. The molecule has 5 nitrogen and oxygen atoms in total. The van der Waals surface area contributed by atoms with Crippen molar-refractivity contribution in [2.75, 3.05) is 19.6 Å². The first kappa shape index (κ1) is 15.4. The lowest BCUT2D eigenvalue weighted by molar-refractivity contribution is -0.138. The molecule has 126 valence electrons. The first-order valence-corrected chi connectivity index (χ1v) is 8.80. The van der Waals surface area contributed by atoms with E-state index in [-0.39, 0.29) is 23.1 Å². The lowest BCUT2D eigenvalue weighted by atomic mass is 9.85. The normalized spacial score (nSPS) is 26.9. The summed E-state index contributed by atoms with van der Waals surface area (Å²) in [4.78, 5) is 33.6. The Morgan fingerprint density at radius 1 is 1.25 bits per heavy atom. The predicted molar refractivity (Wildman–Crippen MR) is 89.8 cm³/mol. The largest absolute Gasteiger partial charge is 0.341 e. The molecule has 5 heteroatoms. The summed E-state index contributed by atoms with van der Waals surface area (Å²) < 4.78 is 0. The van der Waals surface area contributed by atoms with Crippen LogP contribution >= 0.6 is 0 Å². The van der Waals surface area contributed by atoms with Crippen molar-refractivity contribution >= 4 is 11.8 Å². The topological polar surface area (TPSA) is 53.5 Å². The van der Waals surface area contributed by atoms with Gasteiger partial charge in [-0.15, -0.1) is 0 Å². The number of pyridine rings is 1. The van der Waals surface area contributed by atoms with Crippen LogP contribution in [-0.2, 0) is 16.1 Å². The molecular formula is C19H23N3O2. The summed E-state index contributed by atoms with van der Waals surface area (Å²) >= 11 is 0. The highest BCUT2D eigenvalue weighted by molar-refractivity contribution is 5.87. The van der Waals surface area contributed by atoms with Crippen LogP contribution in [0.15, 0.2) is 36.7 Å². The van der Waals surface area contributed by atoms with Gasteiger partial charge in [0.05, 0.1) is 5.41 Å². The molecule has 0 aromatic carbocycles. The highest BCUT2D eigenvalue weighted by Crippen LogP contribution is 2.42. The summed E-state index contributed by atoms with van der Waals surface area (Å²) in [5.41, 5.74) is 0.718. The second kappa shape index (κ2) is 6.04. The summed E-state index contributed by atoms with van der Waals surface area (Å²) in [5.74, 6) is 0.546. The smallest absolute Gasteiger partial charge is 0.231 e. The number of aromatic nitrogens is 1. The molecule has 2 saturated heterocycles. The molecule has 4 rings (SSSR count). The molecule has 1 aromatic rings.